The Morgan fingerprint density at radius 2 is 1.90 bits per heavy atom. The van der Waals surface area contributed by atoms with Crippen molar-refractivity contribution >= 4 is 6.03 Å². The van der Waals surface area contributed by atoms with Crippen LogP contribution in [-0.4, -0.2) is 47.8 Å². The molecular formula is C24H31N3O2. The molecule has 3 heterocycles. The van der Waals surface area contributed by atoms with E-state index >= 15 is 0 Å². The van der Waals surface area contributed by atoms with E-state index in [0.29, 0.717) is 12.5 Å². The van der Waals surface area contributed by atoms with Crippen LogP contribution in [0.1, 0.15) is 50.2 Å². The second-order valence-corrected chi connectivity index (χ2v) is 9.05. The molecule has 0 saturated carbocycles. The summed E-state index contributed by atoms with van der Waals surface area (Å²) in [4.78, 5) is 18.6. The zero-order chi connectivity index (χ0) is 20.3. The lowest BCUT2D eigenvalue weighted by Gasteiger charge is -2.46. The third-order valence-corrected chi connectivity index (χ3v) is 6.45. The Bertz CT molecular complexity index is 819. The van der Waals surface area contributed by atoms with Gasteiger partial charge in [-0.25, -0.2) is 4.79 Å². The number of rotatable bonds is 5. The lowest BCUT2D eigenvalue weighted by atomic mass is 9.67. The molecule has 2 saturated heterocycles. The molecule has 2 fully saturated rings. The van der Waals surface area contributed by atoms with Crippen molar-refractivity contribution in [2.45, 2.75) is 50.0 Å². The number of nitrogens with zero attached hydrogens (tertiary/aromatic N) is 2. The quantitative estimate of drug-likeness (QED) is 0.832. The van der Waals surface area contributed by atoms with Crippen molar-refractivity contribution in [2.75, 3.05) is 26.2 Å². The Morgan fingerprint density at radius 3 is 2.59 bits per heavy atom. The first-order valence-electron chi connectivity index (χ1n) is 10.6. The Morgan fingerprint density at radius 1 is 1.17 bits per heavy atom. The van der Waals surface area contributed by atoms with Gasteiger partial charge in [0.15, 0.2) is 0 Å². The monoisotopic (exact) mass is 393 g/mol. The van der Waals surface area contributed by atoms with Gasteiger partial charge in [0.1, 0.15) is 0 Å². The van der Waals surface area contributed by atoms with Crippen molar-refractivity contribution in [3.63, 3.8) is 0 Å². The second-order valence-electron chi connectivity index (χ2n) is 9.05. The van der Waals surface area contributed by atoms with E-state index in [2.05, 4.69) is 54.5 Å². The molecule has 0 spiro atoms. The fourth-order valence-electron chi connectivity index (χ4n) is 4.88. The molecule has 2 aromatic rings. The van der Waals surface area contributed by atoms with Crippen LogP contribution in [0.2, 0.25) is 0 Å². The van der Waals surface area contributed by atoms with E-state index in [1.165, 1.54) is 11.1 Å². The third kappa shape index (κ3) is 4.45. The Labute approximate surface area is 173 Å². The summed E-state index contributed by atoms with van der Waals surface area (Å²) in [5, 5.41) is 3.16. The number of carbonyl (C=O) groups is 1. The van der Waals surface area contributed by atoms with Crippen molar-refractivity contribution in [1.82, 2.24) is 15.2 Å². The van der Waals surface area contributed by atoms with Crippen molar-refractivity contribution < 1.29 is 9.53 Å². The van der Waals surface area contributed by atoms with Gasteiger partial charge in [0.05, 0.1) is 5.60 Å². The van der Waals surface area contributed by atoms with Gasteiger partial charge in [-0.05, 0) is 56.4 Å². The van der Waals surface area contributed by atoms with Crippen LogP contribution in [0, 0.1) is 0 Å². The highest BCUT2D eigenvalue weighted by Gasteiger charge is 2.42. The van der Waals surface area contributed by atoms with E-state index in [0.717, 1.165) is 39.0 Å². The first kappa shape index (κ1) is 19.9. The van der Waals surface area contributed by atoms with Crippen LogP contribution in [0.25, 0.3) is 0 Å². The summed E-state index contributed by atoms with van der Waals surface area (Å²) < 4.78 is 5.99. The van der Waals surface area contributed by atoms with Gasteiger partial charge >= 0.3 is 6.03 Å². The van der Waals surface area contributed by atoms with Gasteiger partial charge in [-0.1, -0.05) is 30.3 Å². The number of benzene rings is 1. The van der Waals surface area contributed by atoms with Crippen LogP contribution in [0.4, 0.5) is 4.79 Å². The molecule has 2 aliphatic heterocycles. The highest BCUT2D eigenvalue weighted by molar-refractivity contribution is 5.75. The first-order chi connectivity index (χ1) is 14.0. The van der Waals surface area contributed by atoms with E-state index in [1.807, 2.05) is 29.4 Å². The van der Waals surface area contributed by atoms with Gasteiger partial charge in [-0.15, -0.1) is 0 Å². The van der Waals surface area contributed by atoms with Gasteiger partial charge in [0, 0.05) is 50.0 Å². The van der Waals surface area contributed by atoms with Crippen LogP contribution in [0.5, 0.6) is 0 Å². The topological polar surface area (TPSA) is 54.5 Å². The second kappa shape index (κ2) is 8.15. The number of urea groups is 1. The molecule has 2 aliphatic rings. The minimum absolute atomic E-state index is 0.0461. The van der Waals surface area contributed by atoms with E-state index < -0.39 is 0 Å². The van der Waals surface area contributed by atoms with Crippen LogP contribution in [0.15, 0.2) is 54.9 Å². The number of amides is 2. The van der Waals surface area contributed by atoms with Gasteiger partial charge in [0.25, 0.3) is 0 Å². The largest absolute Gasteiger partial charge is 0.376 e. The Balaban J connectivity index is 1.34. The van der Waals surface area contributed by atoms with Gasteiger partial charge in [-0.3, -0.25) is 4.98 Å². The lowest BCUT2D eigenvalue weighted by Crippen LogP contribution is -2.53. The van der Waals surface area contributed by atoms with E-state index in [4.69, 9.17) is 4.74 Å². The van der Waals surface area contributed by atoms with Crippen LogP contribution in [-0.2, 0) is 10.2 Å². The van der Waals surface area contributed by atoms with E-state index in [1.54, 1.807) is 0 Å². The highest BCUT2D eigenvalue weighted by atomic mass is 16.5. The number of hydrogen-bond donors (Lipinski definition) is 1. The summed E-state index contributed by atoms with van der Waals surface area (Å²) in [6.45, 7) is 7.33. The standard InChI is InChI=1S/C24H31N3O2/c1-23(2)18-24(11-15-29-23,21-6-4-3-5-7-21)10-14-26-22(28)27-16-20(17-27)19-8-12-25-13-9-19/h3-9,12-13,20H,10-11,14-18H2,1-2H3,(H,26,28). The number of carbonyl (C=O) groups excluding carboxylic acids is 1. The minimum atomic E-state index is -0.146. The summed E-state index contributed by atoms with van der Waals surface area (Å²) in [6, 6.07) is 14.8. The molecule has 5 heteroatoms. The summed E-state index contributed by atoms with van der Waals surface area (Å²) in [5.41, 5.74) is 2.52. The fraction of sp³-hybridized carbons (Fsp3) is 0.500. The first-order valence-corrected chi connectivity index (χ1v) is 10.6. The maximum atomic E-state index is 12.6. The van der Waals surface area contributed by atoms with Crippen molar-refractivity contribution in [3.8, 4) is 0 Å². The number of ether oxygens (including phenoxy) is 1. The molecule has 2 amide bonds. The number of aromatic nitrogens is 1. The van der Waals surface area contributed by atoms with Gasteiger partial charge < -0.3 is 15.0 Å². The molecule has 4 rings (SSSR count). The molecule has 154 valence electrons. The Hall–Kier alpha value is -2.40. The van der Waals surface area contributed by atoms with Crippen molar-refractivity contribution in [1.29, 1.82) is 0 Å². The summed E-state index contributed by atoms with van der Waals surface area (Å²) in [6.07, 6.45) is 6.52. The lowest BCUT2D eigenvalue weighted by molar-refractivity contribution is -0.0839. The normalized spacial score (nSPS) is 24.0. The predicted molar refractivity (Wildman–Crippen MR) is 114 cm³/mol. The van der Waals surface area contributed by atoms with E-state index in [-0.39, 0.29) is 17.0 Å². The van der Waals surface area contributed by atoms with Crippen molar-refractivity contribution in [2.24, 2.45) is 0 Å². The molecule has 0 radical (unpaired) electrons. The molecule has 1 unspecified atom stereocenters. The van der Waals surface area contributed by atoms with Gasteiger partial charge in [-0.2, -0.15) is 0 Å². The number of pyridine rings is 1. The van der Waals surface area contributed by atoms with Crippen LogP contribution < -0.4 is 5.32 Å². The average molecular weight is 394 g/mol. The van der Waals surface area contributed by atoms with E-state index in [9.17, 15) is 4.79 Å². The molecule has 1 aromatic heterocycles. The zero-order valence-electron chi connectivity index (χ0n) is 17.4. The number of hydrogen-bond acceptors (Lipinski definition) is 3. The fourth-order valence-corrected chi connectivity index (χ4v) is 4.88. The summed E-state index contributed by atoms with van der Waals surface area (Å²) in [7, 11) is 0. The zero-order valence-corrected chi connectivity index (χ0v) is 17.4. The predicted octanol–water partition coefficient (Wildman–Crippen LogP) is 4.11. The number of likely N-dealkylation sites (tertiary alicyclic amines) is 1. The van der Waals surface area contributed by atoms with Crippen LogP contribution in [0.3, 0.4) is 0 Å². The summed E-state index contributed by atoms with van der Waals surface area (Å²) in [5.74, 6) is 0.427. The Kier molecular flexibility index (Phi) is 5.59. The highest BCUT2D eigenvalue weighted by Crippen LogP contribution is 2.43. The maximum absolute atomic E-state index is 12.6. The summed E-state index contributed by atoms with van der Waals surface area (Å²) >= 11 is 0. The molecule has 0 aliphatic carbocycles. The SMILES string of the molecule is CC1(C)CC(CCNC(=O)N2CC(c3ccncc3)C2)(c2ccccc2)CCO1. The smallest absolute Gasteiger partial charge is 0.317 e. The number of nitrogens with one attached hydrogen (secondary N) is 1. The van der Waals surface area contributed by atoms with Crippen molar-refractivity contribution in [3.05, 3.63) is 66.0 Å². The van der Waals surface area contributed by atoms with Crippen LogP contribution >= 0.6 is 0 Å². The molecule has 5 nitrogen and oxygen atoms in total. The molecular weight excluding hydrogens is 362 g/mol. The maximum Gasteiger partial charge on any atom is 0.317 e. The third-order valence-electron chi connectivity index (χ3n) is 6.45. The minimum Gasteiger partial charge on any atom is -0.376 e. The molecule has 1 aromatic carbocycles. The van der Waals surface area contributed by atoms with Gasteiger partial charge in [0.2, 0.25) is 0 Å². The molecule has 1 atom stereocenters. The molecule has 1 N–H and O–H groups in total. The average Bonchev–Trinajstić information content (AvgIpc) is 2.68. The molecule has 0 bridgehead atoms. The molecule has 29 heavy (non-hydrogen) atoms.